The topological polar surface area (TPSA) is 76.7 Å². The van der Waals surface area contributed by atoms with Gasteiger partial charge < -0.3 is 20.1 Å². The van der Waals surface area contributed by atoms with Crippen LogP contribution < -0.4 is 10.6 Å². The normalized spacial score (nSPS) is 28.1. The second-order valence-corrected chi connectivity index (χ2v) is 9.01. The number of amides is 2. The second-order valence-electron chi connectivity index (χ2n) is 7.98. The Hall–Kier alpha value is -2.22. The summed E-state index contributed by atoms with van der Waals surface area (Å²) in [6.07, 6.45) is 2.24. The molecule has 0 unspecified atom stereocenters. The van der Waals surface area contributed by atoms with Crippen molar-refractivity contribution in [2.45, 2.75) is 43.6 Å². The van der Waals surface area contributed by atoms with Gasteiger partial charge in [-0.3, -0.25) is 9.59 Å². The van der Waals surface area contributed by atoms with Crippen LogP contribution in [0.15, 0.2) is 41.8 Å². The molecule has 0 radical (unpaired) electrons. The van der Waals surface area contributed by atoms with E-state index >= 15 is 0 Å². The number of carbonyl (C=O) groups excluding carboxylic acids is 2. The lowest BCUT2D eigenvalue weighted by atomic mass is 10.0. The van der Waals surface area contributed by atoms with Crippen LogP contribution in [0, 0.1) is 5.92 Å². The molecule has 5 rings (SSSR count). The van der Waals surface area contributed by atoms with E-state index in [9.17, 15) is 9.59 Å². The van der Waals surface area contributed by atoms with Crippen molar-refractivity contribution in [3.8, 4) is 0 Å². The van der Waals surface area contributed by atoms with Gasteiger partial charge in [0.2, 0.25) is 5.91 Å². The van der Waals surface area contributed by atoms with Crippen LogP contribution in [0.1, 0.15) is 33.6 Å². The first-order chi connectivity index (χ1) is 14.2. The fraction of sp³-hybridized carbons (Fsp3) is 0.455. The van der Waals surface area contributed by atoms with Crippen LogP contribution >= 0.6 is 11.3 Å². The maximum absolute atomic E-state index is 13.0. The summed E-state index contributed by atoms with van der Waals surface area (Å²) in [5, 5.41) is 8.19. The number of hydrogen-bond acceptors (Lipinski definition) is 5. The fourth-order valence-electron chi connectivity index (χ4n) is 4.14. The zero-order valence-electron chi connectivity index (χ0n) is 16.0. The first-order valence-corrected chi connectivity index (χ1v) is 11.0. The SMILES string of the molecule is O=C(N[C@H]1CO[C@H]2[C@@H]1OC[C@@H]2NC(=O)C1CC1)c1ccccc1Cc1cccs1. The van der Waals surface area contributed by atoms with Gasteiger partial charge >= 0.3 is 0 Å². The Morgan fingerprint density at radius 1 is 0.966 bits per heavy atom. The molecule has 2 N–H and O–H groups in total. The second kappa shape index (κ2) is 7.89. The molecule has 1 aromatic carbocycles. The minimum absolute atomic E-state index is 0.0952. The number of benzene rings is 1. The van der Waals surface area contributed by atoms with Crippen LogP contribution in [0.4, 0.5) is 0 Å². The number of fused-ring (bicyclic) bond motifs is 1. The lowest BCUT2D eigenvalue weighted by molar-refractivity contribution is -0.123. The average molecular weight is 413 g/mol. The molecule has 0 bridgehead atoms. The van der Waals surface area contributed by atoms with E-state index in [2.05, 4.69) is 16.7 Å². The summed E-state index contributed by atoms with van der Waals surface area (Å²) in [7, 11) is 0. The zero-order valence-corrected chi connectivity index (χ0v) is 16.8. The molecule has 3 aliphatic rings. The monoisotopic (exact) mass is 412 g/mol. The van der Waals surface area contributed by atoms with Gasteiger partial charge in [-0.15, -0.1) is 11.3 Å². The van der Waals surface area contributed by atoms with Crippen molar-refractivity contribution < 1.29 is 19.1 Å². The highest BCUT2D eigenvalue weighted by Gasteiger charge is 2.49. The van der Waals surface area contributed by atoms with E-state index in [0.29, 0.717) is 18.8 Å². The molecular weight excluding hydrogens is 388 g/mol. The van der Waals surface area contributed by atoms with Crippen LogP contribution in [0.3, 0.4) is 0 Å². The fourth-order valence-corrected chi connectivity index (χ4v) is 4.86. The lowest BCUT2D eigenvalue weighted by Gasteiger charge is -2.19. The molecule has 3 fully saturated rings. The molecule has 6 nitrogen and oxygen atoms in total. The number of nitrogens with one attached hydrogen (secondary N) is 2. The van der Waals surface area contributed by atoms with E-state index in [0.717, 1.165) is 24.8 Å². The van der Waals surface area contributed by atoms with Crippen LogP contribution in [0.5, 0.6) is 0 Å². The largest absolute Gasteiger partial charge is 0.371 e. The third kappa shape index (κ3) is 3.95. The quantitative estimate of drug-likeness (QED) is 0.762. The van der Waals surface area contributed by atoms with E-state index in [1.807, 2.05) is 35.7 Å². The van der Waals surface area contributed by atoms with Gasteiger partial charge in [-0.25, -0.2) is 0 Å². The summed E-state index contributed by atoms with van der Waals surface area (Å²) < 4.78 is 11.8. The van der Waals surface area contributed by atoms with Crippen LogP contribution in [-0.4, -0.2) is 49.3 Å². The Bertz CT molecular complexity index is 896. The van der Waals surface area contributed by atoms with Crippen molar-refractivity contribution in [3.05, 3.63) is 57.8 Å². The number of thiophene rings is 1. The van der Waals surface area contributed by atoms with Gasteiger partial charge in [0.05, 0.1) is 25.3 Å². The van der Waals surface area contributed by atoms with Crippen LogP contribution in [0.2, 0.25) is 0 Å². The minimum atomic E-state index is -0.229. The highest BCUT2D eigenvalue weighted by atomic mass is 32.1. The molecule has 2 saturated heterocycles. The summed E-state index contributed by atoms with van der Waals surface area (Å²) in [6, 6.07) is 11.5. The van der Waals surface area contributed by atoms with Gasteiger partial charge in [0.15, 0.2) is 0 Å². The highest BCUT2D eigenvalue weighted by Crippen LogP contribution is 2.31. The molecular formula is C22H24N2O4S. The van der Waals surface area contributed by atoms with Crippen molar-refractivity contribution in [1.82, 2.24) is 10.6 Å². The first kappa shape index (κ1) is 18.8. The summed E-state index contributed by atoms with van der Waals surface area (Å²) in [6.45, 7) is 0.819. The van der Waals surface area contributed by atoms with Gasteiger partial charge in [-0.05, 0) is 35.9 Å². The third-order valence-corrected chi connectivity index (χ3v) is 6.73. The summed E-state index contributed by atoms with van der Waals surface area (Å²) in [4.78, 5) is 26.3. The standard InChI is InChI=1S/C22H24N2O4S/c25-21(13-7-8-13)23-17-11-27-20-18(12-28-19(17)20)24-22(26)16-6-2-1-4-14(16)10-15-5-3-9-29-15/h1-6,9,13,17-20H,7-8,10-12H2,(H,23,25)(H,24,26)/t17-,18-,19+,20+/m0/s1. The predicted octanol–water partition coefficient (Wildman–Crippen LogP) is 2.13. The van der Waals surface area contributed by atoms with Crippen molar-refractivity contribution in [2.24, 2.45) is 5.92 Å². The Balaban J connectivity index is 1.23. The van der Waals surface area contributed by atoms with Crippen molar-refractivity contribution >= 4 is 23.2 Å². The van der Waals surface area contributed by atoms with E-state index < -0.39 is 0 Å². The molecule has 1 aromatic heterocycles. The number of ether oxygens (including phenoxy) is 2. The number of hydrogen-bond donors (Lipinski definition) is 2. The molecule has 1 saturated carbocycles. The molecule has 2 aliphatic heterocycles. The molecule has 3 heterocycles. The van der Waals surface area contributed by atoms with E-state index in [1.165, 1.54) is 4.88 Å². The summed E-state index contributed by atoms with van der Waals surface area (Å²) in [5.41, 5.74) is 1.69. The summed E-state index contributed by atoms with van der Waals surface area (Å²) in [5.74, 6) is 0.143. The highest BCUT2D eigenvalue weighted by molar-refractivity contribution is 7.09. The van der Waals surface area contributed by atoms with Gasteiger partial charge in [-0.1, -0.05) is 24.3 Å². The minimum Gasteiger partial charge on any atom is -0.371 e. The van der Waals surface area contributed by atoms with Crippen molar-refractivity contribution in [3.63, 3.8) is 0 Å². The zero-order chi connectivity index (χ0) is 19.8. The van der Waals surface area contributed by atoms with Crippen LogP contribution in [0.25, 0.3) is 0 Å². The Morgan fingerprint density at radius 3 is 2.38 bits per heavy atom. The van der Waals surface area contributed by atoms with Gasteiger partial charge in [0.1, 0.15) is 12.2 Å². The smallest absolute Gasteiger partial charge is 0.251 e. The molecule has 29 heavy (non-hydrogen) atoms. The molecule has 152 valence electrons. The lowest BCUT2D eigenvalue weighted by Crippen LogP contribution is -2.47. The van der Waals surface area contributed by atoms with Crippen LogP contribution in [-0.2, 0) is 20.7 Å². The van der Waals surface area contributed by atoms with E-state index in [4.69, 9.17) is 9.47 Å². The number of carbonyl (C=O) groups is 2. The van der Waals surface area contributed by atoms with Gasteiger partial charge in [0.25, 0.3) is 5.91 Å². The number of rotatable bonds is 6. The van der Waals surface area contributed by atoms with E-state index in [-0.39, 0.29) is 42.0 Å². The molecule has 7 heteroatoms. The molecule has 4 atom stereocenters. The maximum Gasteiger partial charge on any atom is 0.251 e. The Labute approximate surface area is 173 Å². The molecule has 0 spiro atoms. The van der Waals surface area contributed by atoms with E-state index in [1.54, 1.807) is 11.3 Å². The Morgan fingerprint density at radius 2 is 1.69 bits per heavy atom. The predicted molar refractivity (Wildman–Crippen MR) is 109 cm³/mol. The first-order valence-electron chi connectivity index (χ1n) is 10.1. The van der Waals surface area contributed by atoms with Gasteiger partial charge in [0, 0.05) is 22.8 Å². The van der Waals surface area contributed by atoms with Crippen molar-refractivity contribution in [2.75, 3.05) is 13.2 Å². The van der Waals surface area contributed by atoms with Gasteiger partial charge in [-0.2, -0.15) is 0 Å². The third-order valence-electron chi connectivity index (χ3n) is 5.85. The molecule has 1 aliphatic carbocycles. The molecule has 2 amide bonds. The summed E-state index contributed by atoms with van der Waals surface area (Å²) >= 11 is 1.69. The Kier molecular flexibility index (Phi) is 5.11. The maximum atomic E-state index is 13.0. The average Bonchev–Trinajstić information content (AvgIpc) is 3.12. The molecule has 2 aromatic rings. The van der Waals surface area contributed by atoms with Crippen molar-refractivity contribution in [1.29, 1.82) is 0 Å².